The van der Waals surface area contributed by atoms with E-state index in [-0.39, 0.29) is 0 Å². The predicted octanol–water partition coefficient (Wildman–Crippen LogP) is 15.5. The van der Waals surface area contributed by atoms with Gasteiger partial charge in [0.15, 0.2) is 16.6 Å². The highest BCUT2D eigenvalue weighted by Gasteiger charge is 2.32. The lowest BCUT2D eigenvalue weighted by Crippen LogP contribution is -2.44. The molecule has 23 nitrogen and oxygen atoms in total. The molecule has 0 aromatic rings. The van der Waals surface area contributed by atoms with Crippen LogP contribution in [0.2, 0.25) is 38.3 Å². The van der Waals surface area contributed by atoms with E-state index in [1.54, 1.807) is 0 Å². The highest BCUT2D eigenvalue weighted by molar-refractivity contribution is 6.84. The van der Waals surface area contributed by atoms with Gasteiger partial charge in [0.1, 0.15) is 0 Å². The van der Waals surface area contributed by atoms with E-state index in [9.17, 15) is 0 Å². The second kappa shape index (κ2) is 94.4. The fourth-order valence-corrected chi connectivity index (χ4v) is 20.2. The van der Waals surface area contributed by atoms with Crippen LogP contribution in [0, 0.1) is 0 Å². The van der Waals surface area contributed by atoms with E-state index in [4.69, 9.17) is 108 Å². The van der Waals surface area contributed by atoms with E-state index in [0.717, 1.165) is 51.0 Å². The number of unbranched alkanes of at least 4 members (excludes halogenated alkanes) is 26. The van der Waals surface area contributed by atoms with Gasteiger partial charge in [0, 0.05) is 26.4 Å². The molecule has 25 heteroatoms. The first-order valence-corrected chi connectivity index (χ1v) is 49.5. The Balaban J connectivity index is 3.29. The van der Waals surface area contributed by atoms with Crippen LogP contribution in [-0.2, 0) is 108 Å². The van der Waals surface area contributed by atoms with Crippen LogP contribution >= 0.6 is 0 Å². The molecule has 0 aromatic carbocycles. The van der Waals surface area contributed by atoms with Crippen molar-refractivity contribution in [2.75, 3.05) is 291 Å². The van der Waals surface area contributed by atoms with E-state index in [0.29, 0.717) is 277 Å². The first kappa shape index (κ1) is 107. The fraction of sp³-hybridized carbons (Fsp3) is 1.00. The molecule has 0 fully saturated rings. The summed E-state index contributed by atoms with van der Waals surface area (Å²) in [6.45, 7) is 38.3. The summed E-state index contributed by atoms with van der Waals surface area (Å²) in [5.74, 6) is 0. The molecule has 0 bridgehead atoms. The third-order valence-electron chi connectivity index (χ3n) is 17.4. The average Bonchev–Trinajstić information content (AvgIpc) is 0.871. The third kappa shape index (κ3) is 97.8. The number of rotatable bonds is 100. The number of hydrogen-bond acceptors (Lipinski definition) is 23. The summed E-state index contributed by atoms with van der Waals surface area (Å²) < 4.78 is 131. The Kier molecular flexibility index (Phi) is 93.9. The summed E-state index contributed by atoms with van der Waals surface area (Å²) in [7, 11) is -3.61. The Morgan fingerprint density at radius 1 is 0.121 bits per heavy atom. The van der Waals surface area contributed by atoms with Crippen LogP contribution in [0.4, 0.5) is 0 Å². The lowest BCUT2D eigenvalue weighted by molar-refractivity contribution is -0.0275. The van der Waals surface area contributed by atoms with E-state index < -0.39 is 16.6 Å². The van der Waals surface area contributed by atoms with Gasteiger partial charge in [-0.2, -0.15) is 0 Å². The van der Waals surface area contributed by atoms with Gasteiger partial charge < -0.3 is 108 Å². The molecule has 0 unspecified atom stereocenters. The Morgan fingerprint density at radius 2 is 0.224 bits per heavy atom. The molecule has 0 atom stereocenters. The standard InChI is InChI=1S/C82H170O23Si2/c1-7-9-11-13-15-17-19-21-23-25-27-29-31-33-37-83-41-45-87-49-53-91-57-61-95-65-69-99-73-77-103-79-75-101-71-67-97-63-59-93-55-51-89-47-43-85-39-35-81-106(3,4)105-107(5,6)82-36-40-86-44-48-90-52-56-94-60-64-98-68-72-102-76-80-104-78-74-100-70-66-96-62-58-92-54-50-88-46-42-84-38-34-32-30-28-26-24-22-20-18-16-14-12-10-8-2/h7-82H2,1-6H3. The largest absolute Gasteiger partial charge is 0.455 e. The van der Waals surface area contributed by atoms with Crippen LogP contribution in [-0.4, -0.2) is 307 Å². The maximum Gasteiger partial charge on any atom is 0.173 e. The zero-order valence-corrected chi connectivity index (χ0v) is 72.1. The summed E-state index contributed by atoms with van der Waals surface area (Å²) in [4.78, 5) is 0. The molecule has 0 radical (unpaired) electrons. The number of hydrogen-bond donors (Lipinski definition) is 0. The lowest BCUT2D eigenvalue weighted by atomic mass is 10.0. The van der Waals surface area contributed by atoms with Crippen molar-refractivity contribution in [3.05, 3.63) is 0 Å². The number of ether oxygens (including phenoxy) is 22. The van der Waals surface area contributed by atoms with Crippen LogP contribution < -0.4 is 0 Å². The van der Waals surface area contributed by atoms with Crippen LogP contribution in [0.1, 0.15) is 206 Å². The van der Waals surface area contributed by atoms with Crippen LogP contribution in [0.25, 0.3) is 0 Å². The normalized spacial score (nSPS) is 12.2. The van der Waals surface area contributed by atoms with Gasteiger partial charge in [0.25, 0.3) is 0 Å². The van der Waals surface area contributed by atoms with Gasteiger partial charge in [-0.15, -0.1) is 0 Å². The fourth-order valence-electron chi connectivity index (χ4n) is 11.4. The van der Waals surface area contributed by atoms with Crippen molar-refractivity contribution in [1.29, 1.82) is 0 Å². The zero-order valence-electron chi connectivity index (χ0n) is 70.1. The molecule has 0 N–H and O–H groups in total. The van der Waals surface area contributed by atoms with E-state index >= 15 is 0 Å². The van der Waals surface area contributed by atoms with Gasteiger partial charge >= 0.3 is 0 Å². The van der Waals surface area contributed by atoms with Crippen molar-refractivity contribution in [3.8, 4) is 0 Å². The highest BCUT2D eigenvalue weighted by atomic mass is 28.4. The Bertz CT molecular complexity index is 1480. The van der Waals surface area contributed by atoms with Gasteiger partial charge in [0.05, 0.1) is 264 Å². The molecule has 644 valence electrons. The maximum absolute atomic E-state index is 6.82. The quantitative estimate of drug-likeness (QED) is 0.0409. The minimum Gasteiger partial charge on any atom is -0.455 e. The molecule has 0 spiro atoms. The van der Waals surface area contributed by atoms with E-state index in [1.165, 1.54) is 167 Å². The molecular formula is C82H170O23Si2. The molecule has 0 rings (SSSR count). The zero-order chi connectivity index (χ0) is 77.0. The van der Waals surface area contributed by atoms with Crippen molar-refractivity contribution in [3.63, 3.8) is 0 Å². The molecule has 0 heterocycles. The molecule has 0 saturated heterocycles. The Labute approximate surface area is 657 Å². The Hall–Kier alpha value is -0.486. The van der Waals surface area contributed by atoms with Crippen LogP contribution in [0.15, 0.2) is 0 Å². The van der Waals surface area contributed by atoms with Crippen molar-refractivity contribution in [1.82, 2.24) is 0 Å². The maximum atomic E-state index is 6.82. The molecule has 0 amide bonds. The summed E-state index contributed by atoms with van der Waals surface area (Å²) in [6, 6.07) is 2.14. The predicted molar refractivity (Wildman–Crippen MR) is 434 cm³/mol. The molecule has 0 aliphatic rings. The topological polar surface area (TPSA) is 212 Å². The monoisotopic (exact) mass is 1580 g/mol. The van der Waals surface area contributed by atoms with Crippen LogP contribution in [0.3, 0.4) is 0 Å². The summed E-state index contributed by atoms with van der Waals surface area (Å²) in [5.41, 5.74) is 0. The van der Waals surface area contributed by atoms with Gasteiger partial charge in [0.2, 0.25) is 0 Å². The molecule has 0 saturated carbocycles. The van der Waals surface area contributed by atoms with Gasteiger partial charge in [-0.3, -0.25) is 0 Å². The first-order chi connectivity index (χ1) is 52.8. The first-order valence-electron chi connectivity index (χ1n) is 43.2. The van der Waals surface area contributed by atoms with Crippen molar-refractivity contribution < 1.29 is 108 Å². The summed E-state index contributed by atoms with van der Waals surface area (Å²) in [6.07, 6.45) is 40.3. The minimum absolute atomic E-state index is 0.506. The van der Waals surface area contributed by atoms with Gasteiger partial charge in [-0.1, -0.05) is 181 Å². The molecule has 0 aliphatic carbocycles. The Morgan fingerprint density at radius 3 is 0.355 bits per heavy atom. The second-order valence-electron chi connectivity index (χ2n) is 28.5. The highest BCUT2D eigenvalue weighted by Crippen LogP contribution is 2.24. The minimum atomic E-state index is -1.80. The van der Waals surface area contributed by atoms with Gasteiger partial charge in [-0.05, 0) is 64.0 Å². The lowest BCUT2D eigenvalue weighted by Gasteiger charge is -2.34. The second-order valence-corrected chi connectivity index (χ2v) is 37.3. The molecular weight excluding hydrogens is 1410 g/mol. The van der Waals surface area contributed by atoms with Crippen molar-refractivity contribution in [2.45, 2.75) is 245 Å². The molecule has 107 heavy (non-hydrogen) atoms. The van der Waals surface area contributed by atoms with Gasteiger partial charge in [-0.25, -0.2) is 0 Å². The van der Waals surface area contributed by atoms with Crippen molar-refractivity contribution >= 4 is 16.6 Å². The average molecular weight is 1580 g/mol. The summed E-state index contributed by atoms with van der Waals surface area (Å²) >= 11 is 0. The SMILES string of the molecule is CCCCCCCCCCCCCCCCOCCOCCOCCOCCOCCOCCOCCOCCOCCOCCOCCC[Si](C)(C)O[Si](C)(C)CCCOCCOCCOCCOCCOCCOCCOCCOCCOCCOCCOCCCCCCCCCCCCCCCC. The molecule has 0 aliphatic heterocycles. The smallest absolute Gasteiger partial charge is 0.173 e. The van der Waals surface area contributed by atoms with E-state index in [2.05, 4.69) is 40.0 Å². The van der Waals surface area contributed by atoms with Crippen molar-refractivity contribution in [2.24, 2.45) is 0 Å². The summed E-state index contributed by atoms with van der Waals surface area (Å²) in [5, 5.41) is 0. The van der Waals surface area contributed by atoms with Crippen LogP contribution in [0.5, 0.6) is 0 Å². The van der Waals surface area contributed by atoms with E-state index in [1.807, 2.05) is 0 Å². The molecule has 0 aromatic heterocycles. The third-order valence-corrected chi connectivity index (χ3v) is 24.9.